The third kappa shape index (κ3) is 2.32. The van der Waals surface area contributed by atoms with E-state index in [0.717, 1.165) is 0 Å². The van der Waals surface area contributed by atoms with E-state index in [1.807, 2.05) is 7.05 Å². The van der Waals surface area contributed by atoms with Gasteiger partial charge in [-0.15, -0.1) is 22.0 Å². The van der Waals surface area contributed by atoms with Crippen molar-refractivity contribution in [3.05, 3.63) is 17.6 Å². The molecule has 8 nitrogen and oxygen atoms in total. The number of hydrogen-bond donors (Lipinski definition) is 2. The van der Waals surface area contributed by atoms with Gasteiger partial charge in [0.05, 0.1) is 0 Å². The van der Waals surface area contributed by atoms with E-state index in [1.54, 1.807) is 10.9 Å². The van der Waals surface area contributed by atoms with Crippen molar-refractivity contribution >= 4 is 35.4 Å². The molecule has 0 bridgehead atoms. The molecule has 0 aliphatic carbocycles. The molecule has 21 heavy (non-hydrogen) atoms. The lowest BCUT2D eigenvalue weighted by atomic mass is 10.0. The third-order valence-corrected chi connectivity index (χ3v) is 5.82. The smallest absolute Gasteiger partial charge is 0.352 e. The van der Waals surface area contributed by atoms with Gasteiger partial charge < -0.3 is 15.4 Å². The molecule has 1 fully saturated rings. The highest BCUT2D eigenvalue weighted by Gasteiger charge is 2.51. The van der Waals surface area contributed by atoms with Gasteiger partial charge in [0.25, 0.3) is 0 Å². The summed E-state index contributed by atoms with van der Waals surface area (Å²) in [5, 5.41) is 17.6. The predicted octanol–water partition coefficient (Wildman–Crippen LogP) is -0.512. The molecule has 1 saturated heterocycles. The Bertz CT molecular complexity index is 644. The quantitative estimate of drug-likeness (QED) is 0.561. The summed E-state index contributed by atoms with van der Waals surface area (Å²) in [6, 6.07) is -0.600. The van der Waals surface area contributed by atoms with Crippen LogP contribution in [-0.4, -0.2) is 59.6 Å². The van der Waals surface area contributed by atoms with Crippen molar-refractivity contribution in [1.82, 2.24) is 19.7 Å². The molecule has 0 spiro atoms. The molecule has 3 rings (SSSR count). The maximum atomic E-state index is 11.8. The second-order valence-corrected chi connectivity index (χ2v) is 6.75. The van der Waals surface area contributed by atoms with Crippen LogP contribution in [-0.2, 0) is 16.6 Å². The van der Waals surface area contributed by atoms with Crippen molar-refractivity contribution in [2.45, 2.75) is 16.6 Å². The molecule has 1 unspecified atom stereocenters. The molecule has 112 valence electrons. The van der Waals surface area contributed by atoms with Gasteiger partial charge in [0.15, 0.2) is 5.16 Å². The predicted molar refractivity (Wildman–Crippen MR) is 77.5 cm³/mol. The number of thioether (sulfide) groups is 2. The SMILES string of the molecule is Cn1cnnc1SCC1=C(C(=O)O)N2C(=O)C(N)[C@@H]2SC1. The van der Waals surface area contributed by atoms with Crippen LogP contribution in [0, 0.1) is 0 Å². The molecule has 2 aliphatic heterocycles. The van der Waals surface area contributed by atoms with Gasteiger partial charge in [0.2, 0.25) is 5.91 Å². The molecule has 0 aromatic carbocycles. The lowest BCUT2D eigenvalue weighted by molar-refractivity contribution is -0.147. The Balaban J connectivity index is 1.83. The van der Waals surface area contributed by atoms with Crippen LogP contribution in [0.5, 0.6) is 0 Å². The minimum Gasteiger partial charge on any atom is -0.477 e. The maximum absolute atomic E-state index is 11.8. The zero-order chi connectivity index (χ0) is 15.1. The van der Waals surface area contributed by atoms with Crippen molar-refractivity contribution in [3.8, 4) is 0 Å². The lowest BCUT2D eigenvalue weighted by Crippen LogP contribution is -2.68. The molecule has 2 aliphatic rings. The van der Waals surface area contributed by atoms with Gasteiger partial charge in [0.1, 0.15) is 23.4 Å². The topological polar surface area (TPSA) is 114 Å². The number of aryl methyl sites for hydroxylation is 1. The Morgan fingerprint density at radius 2 is 2.43 bits per heavy atom. The van der Waals surface area contributed by atoms with Crippen LogP contribution in [0.1, 0.15) is 0 Å². The summed E-state index contributed by atoms with van der Waals surface area (Å²) >= 11 is 2.89. The van der Waals surface area contributed by atoms with Crippen molar-refractivity contribution in [2.24, 2.45) is 12.8 Å². The van der Waals surface area contributed by atoms with Gasteiger partial charge in [-0.05, 0) is 5.57 Å². The Kier molecular flexibility index (Phi) is 3.68. The summed E-state index contributed by atoms with van der Waals surface area (Å²) in [4.78, 5) is 24.6. The highest BCUT2D eigenvalue weighted by Crippen LogP contribution is 2.40. The largest absolute Gasteiger partial charge is 0.477 e. The summed E-state index contributed by atoms with van der Waals surface area (Å²) in [5.41, 5.74) is 6.48. The Morgan fingerprint density at radius 1 is 1.67 bits per heavy atom. The van der Waals surface area contributed by atoms with Crippen LogP contribution >= 0.6 is 23.5 Å². The molecular formula is C11H13N5O3S2. The van der Waals surface area contributed by atoms with E-state index >= 15 is 0 Å². The fraction of sp³-hybridized carbons (Fsp3) is 0.455. The number of carboxylic acids is 1. The maximum Gasteiger partial charge on any atom is 0.352 e. The van der Waals surface area contributed by atoms with Crippen LogP contribution < -0.4 is 5.73 Å². The molecule has 0 saturated carbocycles. The Morgan fingerprint density at radius 3 is 3.05 bits per heavy atom. The van der Waals surface area contributed by atoms with Gasteiger partial charge in [-0.2, -0.15) is 0 Å². The van der Waals surface area contributed by atoms with Gasteiger partial charge in [-0.25, -0.2) is 4.79 Å². The summed E-state index contributed by atoms with van der Waals surface area (Å²) in [5.74, 6) is -0.415. The van der Waals surface area contributed by atoms with Crippen LogP contribution in [0.3, 0.4) is 0 Å². The minimum atomic E-state index is -1.09. The number of hydrogen-bond acceptors (Lipinski definition) is 7. The van der Waals surface area contributed by atoms with Crippen molar-refractivity contribution < 1.29 is 14.7 Å². The average Bonchev–Trinajstić information content (AvgIpc) is 2.88. The fourth-order valence-corrected chi connectivity index (χ4v) is 4.57. The number of nitrogens with two attached hydrogens (primary N) is 1. The van der Waals surface area contributed by atoms with Crippen LogP contribution in [0.2, 0.25) is 0 Å². The molecule has 2 atom stereocenters. The van der Waals surface area contributed by atoms with Crippen molar-refractivity contribution in [1.29, 1.82) is 0 Å². The van der Waals surface area contributed by atoms with Gasteiger partial charge in [-0.3, -0.25) is 9.69 Å². The monoisotopic (exact) mass is 327 g/mol. The molecule has 1 amide bonds. The van der Waals surface area contributed by atoms with E-state index < -0.39 is 12.0 Å². The molecule has 3 heterocycles. The van der Waals surface area contributed by atoms with Gasteiger partial charge in [-0.1, -0.05) is 11.8 Å². The average molecular weight is 327 g/mol. The summed E-state index contributed by atoms with van der Waals surface area (Å²) in [6.45, 7) is 0. The number of aliphatic carboxylic acids is 1. The summed E-state index contributed by atoms with van der Waals surface area (Å²) < 4.78 is 1.76. The lowest BCUT2D eigenvalue weighted by Gasteiger charge is -2.48. The van der Waals surface area contributed by atoms with Crippen LogP contribution in [0.4, 0.5) is 0 Å². The highest BCUT2D eigenvalue weighted by atomic mass is 32.2. The number of amides is 1. The number of β-lactam (4-membered cyclic amide) rings is 1. The van der Waals surface area contributed by atoms with Crippen molar-refractivity contribution in [2.75, 3.05) is 11.5 Å². The minimum absolute atomic E-state index is 0.0696. The molecule has 1 aromatic rings. The number of nitrogens with zero attached hydrogens (tertiary/aromatic N) is 4. The molecule has 3 N–H and O–H groups in total. The van der Waals surface area contributed by atoms with E-state index in [0.29, 0.717) is 22.2 Å². The highest BCUT2D eigenvalue weighted by molar-refractivity contribution is 8.01. The number of carboxylic acid groups (broad SMARTS) is 1. The summed E-state index contributed by atoms with van der Waals surface area (Å²) in [6.07, 6.45) is 1.58. The fourth-order valence-electron chi connectivity index (χ4n) is 2.25. The van der Waals surface area contributed by atoms with E-state index in [1.165, 1.54) is 28.4 Å². The normalized spacial score (nSPS) is 24.9. The van der Waals surface area contributed by atoms with E-state index in [9.17, 15) is 14.7 Å². The number of rotatable bonds is 4. The zero-order valence-electron chi connectivity index (χ0n) is 11.1. The van der Waals surface area contributed by atoms with Gasteiger partial charge in [0, 0.05) is 18.6 Å². The molecule has 0 radical (unpaired) electrons. The van der Waals surface area contributed by atoms with E-state index in [4.69, 9.17) is 5.73 Å². The van der Waals surface area contributed by atoms with Crippen LogP contribution in [0.25, 0.3) is 0 Å². The second kappa shape index (κ2) is 5.35. The number of aromatic nitrogens is 3. The number of fused-ring (bicyclic) bond motifs is 1. The Hall–Kier alpha value is -1.52. The summed E-state index contributed by atoms with van der Waals surface area (Å²) in [7, 11) is 1.82. The van der Waals surface area contributed by atoms with Crippen LogP contribution in [0.15, 0.2) is 22.8 Å². The molecule has 1 aromatic heterocycles. The zero-order valence-corrected chi connectivity index (χ0v) is 12.7. The number of carbonyl (C=O) groups excluding carboxylic acids is 1. The first-order chi connectivity index (χ1) is 10.0. The molecular weight excluding hydrogens is 314 g/mol. The van der Waals surface area contributed by atoms with E-state index in [2.05, 4.69) is 10.2 Å². The first-order valence-corrected chi connectivity index (χ1v) is 8.16. The van der Waals surface area contributed by atoms with Crippen molar-refractivity contribution in [3.63, 3.8) is 0 Å². The van der Waals surface area contributed by atoms with Gasteiger partial charge >= 0.3 is 5.97 Å². The standard InChI is InChI=1S/C11H13N5O3S2/c1-15-4-13-14-11(15)21-3-5-2-20-9-6(12)8(17)16(9)7(5)10(18)19/h4,6,9H,2-3,12H2,1H3,(H,18,19)/t6?,9-/m0/s1. The molecule has 10 heteroatoms. The Labute approximate surface area is 128 Å². The second-order valence-electron chi connectivity index (χ2n) is 4.71. The first-order valence-electron chi connectivity index (χ1n) is 6.13. The number of carbonyl (C=O) groups is 2. The van der Waals surface area contributed by atoms with E-state index in [-0.39, 0.29) is 17.0 Å². The third-order valence-electron chi connectivity index (χ3n) is 3.34. The first kappa shape index (κ1) is 14.4.